The van der Waals surface area contributed by atoms with E-state index in [0.29, 0.717) is 11.4 Å². The fourth-order valence-corrected chi connectivity index (χ4v) is 4.09. The van der Waals surface area contributed by atoms with Crippen LogP contribution in [0.3, 0.4) is 0 Å². The van der Waals surface area contributed by atoms with Crippen molar-refractivity contribution in [3.63, 3.8) is 0 Å². The fraction of sp³-hybridized carbons (Fsp3) is 0.294. The highest BCUT2D eigenvalue weighted by Crippen LogP contribution is 2.29. The second kappa shape index (κ2) is 5.90. The molecule has 112 valence electrons. The third kappa shape index (κ3) is 2.95. The summed E-state index contributed by atoms with van der Waals surface area (Å²) in [6.45, 7) is 8.09. The summed E-state index contributed by atoms with van der Waals surface area (Å²) in [5, 5.41) is 0. The smallest absolute Gasteiger partial charge is 0.264 e. The molecule has 0 aromatic heterocycles. The summed E-state index contributed by atoms with van der Waals surface area (Å²) in [6.07, 6.45) is 0. The first-order valence-electron chi connectivity index (χ1n) is 7.03. The minimum atomic E-state index is -3.53. The first-order chi connectivity index (χ1) is 9.87. The van der Waals surface area contributed by atoms with Gasteiger partial charge >= 0.3 is 0 Å². The van der Waals surface area contributed by atoms with E-state index in [4.69, 9.17) is 0 Å². The van der Waals surface area contributed by atoms with Gasteiger partial charge in [-0.1, -0.05) is 35.9 Å². The molecule has 0 N–H and O–H groups in total. The van der Waals surface area contributed by atoms with E-state index in [1.807, 2.05) is 58.0 Å². The van der Waals surface area contributed by atoms with Crippen molar-refractivity contribution in [2.45, 2.75) is 32.6 Å². The van der Waals surface area contributed by atoms with Crippen molar-refractivity contribution in [1.29, 1.82) is 0 Å². The average molecular weight is 303 g/mol. The van der Waals surface area contributed by atoms with Crippen molar-refractivity contribution >= 4 is 15.7 Å². The molecule has 0 bridgehead atoms. The van der Waals surface area contributed by atoms with E-state index in [1.54, 1.807) is 12.1 Å². The molecule has 0 unspecified atom stereocenters. The van der Waals surface area contributed by atoms with E-state index in [-0.39, 0.29) is 0 Å². The summed E-state index contributed by atoms with van der Waals surface area (Å²) in [5.41, 5.74) is 3.75. The molecule has 2 aromatic carbocycles. The third-order valence-electron chi connectivity index (χ3n) is 3.59. The van der Waals surface area contributed by atoms with Gasteiger partial charge in [0.25, 0.3) is 10.0 Å². The predicted octanol–water partition coefficient (Wildman–Crippen LogP) is 3.83. The Morgan fingerprint density at radius 3 is 1.90 bits per heavy atom. The van der Waals surface area contributed by atoms with E-state index < -0.39 is 10.0 Å². The third-order valence-corrected chi connectivity index (χ3v) is 5.47. The zero-order valence-electron chi connectivity index (χ0n) is 12.9. The molecule has 2 rings (SSSR count). The standard InChI is InChI=1S/C17H21NO2S/c1-5-18(17-14(3)7-6-8-15(17)4)21(19,20)16-11-9-13(2)10-12-16/h6-12H,5H2,1-4H3. The largest absolute Gasteiger partial charge is 0.266 e. The summed E-state index contributed by atoms with van der Waals surface area (Å²) in [4.78, 5) is 0.331. The number of hydrogen-bond acceptors (Lipinski definition) is 2. The molecule has 0 fully saturated rings. The number of aryl methyl sites for hydroxylation is 3. The van der Waals surface area contributed by atoms with Crippen molar-refractivity contribution in [3.8, 4) is 0 Å². The molecular formula is C17H21NO2S. The molecule has 21 heavy (non-hydrogen) atoms. The SMILES string of the molecule is CCN(c1c(C)cccc1C)S(=O)(=O)c1ccc(C)cc1. The van der Waals surface area contributed by atoms with Crippen LogP contribution in [0.15, 0.2) is 47.4 Å². The van der Waals surface area contributed by atoms with Crippen molar-refractivity contribution in [2.75, 3.05) is 10.8 Å². The van der Waals surface area contributed by atoms with Crippen LogP contribution in [0.5, 0.6) is 0 Å². The highest BCUT2D eigenvalue weighted by molar-refractivity contribution is 7.92. The molecule has 2 aromatic rings. The molecule has 0 atom stereocenters. The second-order valence-corrected chi connectivity index (χ2v) is 7.09. The highest BCUT2D eigenvalue weighted by atomic mass is 32.2. The van der Waals surface area contributed by atoms with Crippen LogP contribution in [0.2, 0.25) is 0 Å². The number of sulfonamides is 1. The van der Waals surface area contributed by atoms with Gasteiger partial charge in [0.15, 0.2) is 0 Å². The van der Waals surface area contributed by atoms with Crippen molar-refractivity contribution < 1.29 is 8.42 Å². The van der Waals surface area contributed by atoms with E-state index in [9.17, 15) is 8.42 Å². The Hall–Kier alpha value is -1.81. The van der Waals surface area contributed by atoms with E-state index >= 15 is 0 Å². The van der Waals surface area contributed by atoms with Gasteiger partial charge in [-0.3, -0.25) is 4.31 Å². The van der Waals surface area contributed by atoms with Crippen LogP contribution in [0.25, 0.3) is 0 Å². The van der Waals surface area contributed by atoms with Gasteiger partial charge in [-0.05, 0) is 51.0 Å². The number of anilines is 1. The number of hydrogen-bond donors (Lipinski definition) is 0. The molecular weight excluding hydrogens is 282 g/mol. The summed E-state index contributed by atoms with van der Waals surface area (Å²) in [7, 11) is -3.53. The molecule has 0 heterocycles. The predicted molar refractivity (Wildman–Crippen MR) is 87.3 cm³/mol. The first kappa shape index (κ1) is 15.6. The zero-order chi connectivity index (χ0) is 15.6. The van der Waals surface area contributed by atoms with Crippen molar-refractivity contribution in [3.05, 3.63) is 59.2 Å². The van der Waals surface area contributed by atoms with Crippen LogP contribution in [0, 0.1) is 20.8 Å². The lowest BCUT2D eigenvalue weighted by atomic mass is 10.1. The van der Waals surface area contributed by atoms with Crippen molar-refractivity contribution in [1.82, 2.24) is 0 Å². The van der Waals surface area contributed by atoms with Crippen LogP contribution in [0.1, 0.15) is 23.6 Å². The maximum Gasteiger partial charge on any atom is 0.264 e. The Labute approximate surface area is 127 Å². The highest BCUT2D eigenvalue weighted by Gasteiger charge is 2.25. The van der Waals surface area contributed by atoms with Crippen LogP contribution in [0.4, 0.5) is 5.69 Å². The topological polar surface area (TPSA) is 37.4 Å². The minimum absolute atomic E-state index is 0.331. The Balaban J connectivity index is 2.57. The Kier molecular flexibility index (Phi) is 4.37. The van der Waals surface area contributed by atoms with Gasteiger partial charge in [-0.2, -0.15) is 0 Å². The molecule has 0 saturated heterocycles. The molecule has 4 heteroatoms. The second-order valence-electron chi connectivity index (χ2n) is 5.22. The average Bonchev–Trinajstić information content (AvgIpc) is 2.43. The normalized spacial score (nSPS) is 11.4. The Morgan fingerprint density at radius 2 is 1.43 bits per heavy atom. The summed E-state index contributed by atoms with van der Waals surface area (Å²) in [6, 6.07) is 12.8. The van der Waals surface area contributed by atoms with Crippen molar-refractivity contribution in [2.24, 2.45) is 0 Å². The van der Waals surface area contributed by atoms with E-state index in [0.717, 1.165) is 22.4 Å². The lowest BCUT2D eigenvalue weighted by Gasteiger charge is -2.26. The molecule has 0 saturated carbocycles. The lowest BCUT2D eigenvalue weighted by Crippen LogP contribution is -2.32. The quantitative estimate of drug-likeness (QED) is 0.861. The summed E-state index contributed by atoms with van der Waals surface area (Å²) in [5.74, 6) is 0. The van der Waals surface area contributed by atoms with Crippen LogP contribution < -0.4 is 4.31 Å². The Morgan fingerprint density at radius 1 is 0.905 bits per heavy atom. The van der Waals surface area contributed by atoms with Gasteiger partial charge in [-0.15, -0.1) is 0 Å². The van der Waals surface area contributed by atoms with E-state index in [1.165, 1.54) is 4.31 Å². The van der Waals surface area contributed by atoms with Gasteiger partial charge in [0.05, 0.1) is 10.6 Å². The summed E-state index contributed by atoms with van der Waals surface area (Å²) < 4.78 is 27.3. The first-order valence-corrected chi connectivity index (χ1v) is 8.47. The number of benzene rings is 2. The zero-order valence-corrected chi connectivity index (χ0v) is 13.7. The van der Waals surface area contributed by atoms with Crippen LogP contribution >= 0.6 is 0 Å². The molecule has 0 spiro atoms. The number of nitrogens with zero attached hydrogens (tertiary/aromatic N) is 1. The molecule has 0 aliphatic carbocycles. The number of rotatable bonds is 4. The monoisotopic (exact) mass is 303 g/mol. The maximum absolute atomic E-state index is 12.9. The fourth-order valence-electron chi connectivity index (χ4n) is 2.48. The van der Waals surface area contributed by atoms with Crippen LogP contribution in [-0.4, -0.2) is 15.0 Å². The van der Waals surface area contributed by atoms with Gasteiger partial charge in [0.1, 0.15) is 0 Å². The van der Waals surface area contributed by atoms with Gasteiger partial charge in [0.2, 0.25) is 0 Å². The summed E-state index contributed by atoms with van der Waals surface area (Å²) >= 11 is 0. The maximum atomic E-state index is 12.9. The van der Waals surface area contributed by atoms with Crippen LogP contribution in [-0.2, 0) is 10.0 Å². The lowest BCUT2D eigenvalue weighted by molar-refractivity contribution is 0.591. The van der Waals surface area contributed by atoms with E-state index in [2.05, 4.69) is 0 Å². The molecule has 3 nitrogen and oxygen atoms in total. The molecule has 0 aliphatic rings. The molecule has 0 amide bonds. The minimum Gasteiger partial charge on any atom is -0.266 e. The van der Waals surface area contributed by atoms with Gasteiger partial charge < -0.3 is 0 Å². The molecule has 0 aliphatic heterocycles. The Bertz CT molecular complexity index is 714. The van der Waals surface area contributed by atoms with Gasteiger partial charge in [0, 0.05) is 6.54 Å². The molecule has 0 radical (unpaired) electrons. The number of para-hydroxylation sites is 1. The van der Waals surface area contributed by atoms with Gasteiger partial charge in [-0.25, -0.2) is 8.42 Å².